The maximum absolute atomic E-state index is 13.1. The third kappa shape index (κ3) is 6.30. The molecular weight excluding hydrogens is 579 g/mol. The number of benzene rings is 3. The van der Waals surface area contributed by atoms with Crippen molar-refractivity contribution in [3.63, 3.8) is 0 Å². The molecule has 1 N–H and O–H groups in total. The molecule has 9 nitrogen and oxygen atoms in total. The highest BCUT2D eigenvalue weighted by Gasteiger charge is 2.36. The van der Waals surface area contributed by atoms with Crippen molar-refractivity contribution in [1.29, 1.82) is 0 Å². The van der Waals surface area contributed by atoms with Gasteiger partial charge in [-0.1, -0.05) is 35.3 Å². The summed E-state index contributed by atoms with van der Waals surface area (Å²) in [6.07, 6.45) is 1.60. The van der Waals surface area contributed by atoms with E-state index in [0.717, 1.165) is 16.7 Å². The van der Waals surface area contributed by atoms with Gasteiger partial charge >= 0.3 is 0 Å². The van der Waals surface area contributed by atoms with E-state index in [9.17, 15) is 14.4 Å². The average Bonchev–Trinajstić information content (AvgIpc) is 3.47. The van der Waals surface area contributed by atoms with Crippen LogP contribution in [0, 0.1) is 0 Å². The Morgan fingerprint density at radius 1 is 1.05 bits per heavy atom. The Morgan fingerprint density at radius 2 is 1.85 bits per heavy atom. The number of fused-ring (bicyclic) bond motifs is 1. The first kappa shape index (κ1) is 27.7. The molecule has 0 saturated carbocycles. The van der Waals surface area contributed by atoms with Gasteiger partial charge in [0.1, 0.15) is 0 Å². The number of carbonyl (C=O) groups excluding carboxylic acids is 3. The molecule has 2 aliphatic heterocycles. The highest BCUT2D eigenvalue weighted by molar-refractivity contribution is 8.18. The summed E-state index contributed by atoms with van der Waals surface area (Å²) in [5.74, 6) is 0.949. The summed E-state index contributed by atoms with van der Waals surface area (Å²) in [5, 5.41) is 3.17. The molecular formula is C28H22Cl2N2O7S. The first-order valence-electron chi connectivity index (χ1n) is 12.1. The molecule has 2 heterocycles. The fourth-order valence-corrected chi connectivity index (χ4v) is 5.19. The van der Waals surface area contributed by atoms with Gasteiger partial charge in [-0.25, -0.2) is 0 Å². The van der Waals surface area contributed by atoms with Crippen LogP contribution >= 0.6 is 35.0 Å². The van der Waals surface area contributed by atoms with E-state index in [1.165, 1.54) is 0 Å². The number of hydrogen-bond acceptors (Lipinski definition) is 8. The topological polar surface area (TPSA) is 103 Å². The lowest BCUT2D eigenvalue weighted by molar-refractivity contribution is -0.123. The molecule has 5 rings (SSSR count). The second-order valence-corrected chi connectivity index (χ2v) is 10.4. The Hall–Kier alpha value is -3.86. The molecule has 206 valence electrons. The van der Waals surface area contributed by atoms with Gasteiger partial charge in [0.2, 0.25) is 6.79 Å². The Morgan fingerprint density at radius 3 is 2.62 bits per heavy atom. The maximum Gasteiger partial charge on any atom is 0.293 e. The molecule has 2 aliphatic rings. The Balaban J connectivity index is 1.27. The van der Waals surface area contributed by atoms with Gasteiger partial charge in [-0.15, -0.1) is 0 Å². The molecule has 0 atom stereocenters. The Kier molecular flexibility index (Phi) is 8.39. The number of amides is 3. The Labute approximate surface area is 243 Å². The summed E-state index contributed by atoms with van der Waals surface area (Å²) in [7, 11) is 0. The summed E-state index contributed by atoms with van der Waals surface area (Å²) in [6.45, 7) is 1.98. The predicted octanol–water partition coefficient (Wildman–Crippen LogP) is 6.37. The molecule has 3 aromatic rings. The third-order valence-corrected chi connectivity index (χ3v) is 7.27. The summed E-state index contributed by atoms with van der Waals surface area (Å²) in [4.78, 5) is 39.5. The first-order valence-corrected chi connectivity index (χ1v) is 13.7. The van der Waals surface area contributed by atoms with Gasteiger partial charge < -0.3 is 24.3 Å². The number of anilines is 1. The lowest BCUT2D eigenvalue weighted by Gasteiger charge is -2.14. The van der Waals surface area contributed by atoms with E-state index >= 15 is 0 Å². The molecule has 1 fully saturated rings. The zero-order chi connectivity index (χ0) is 28.2. The van der Waals surface area contributed by atoms with Crippen molar-refractivity contribution in [2.45, 2.75) is 13.5 Å². The van der Waals surface area contributed by atoms with Crippen molar-refractivity contribution in [1.82, 2.24) is 4.90 Å². The van der Waals surface area contributed by atoms with Crippen molar-refractivity contribution < 1.29 is 33.3 Å². The van der Waals surface area contributed by atoms with Gasteiger partial charge in [-0.2, -0.15) is 0 Å². The number of rotatable bonds is 9. The summed E-state index contributed by atoms with van der Waals surface area (Å²) in [5.41, 5.74) is 1.73. The number of hydrogen-bond donors (Lipinski definition) is 1. The molecule has 3 amide bonds. The number of ether oxygens (including phenoxy) is 4. The number of thioether (sulfide) groups is 1. The van der Waals surface area contributed by atoms with Gasteiger partial charge in [-0.05, 0) is 72.3 Å². The van der Waals surface area contributed by atoms with Crippen molar-refractivity contribution in [2.75, 3.05) is 25.3 Å². The van der Waals surface area contributed by atoms with E-state index in [1.54, 1.807) is 60.7 Å². The Bertz CT molecular complexity index is 1530. The number of imide groups is 1. The number of nitrogens with one attached hydrogen (secondary N) is 1. The van der Waals surface area contributed by atoms with Crippen molar-refractivity contribution in [3.8, 4) is 23.0 Å². The summed E-state index contributed by atoms with van der Waals surface area (Å²) >= 11 is 13.1. The standard InChI is InChI=1S/C28H22Cl2N2O7S/c1-2-36-22-8-16(6-7-21(22)37-14-26(33)31-19-5-3-4-18(29)11-19)9-25-27(34)32(28(35)40-25)13-17-10-23-24(12-20(17)30)39-15-38-23/h3-12H,2,13-15H2,1H3,(H,31,33)/b25-9-. The summed E-state index contributed by atoms with van der Waals surface area (Å²) in [6, 6.07) is 15.1. The van der Waals surface area contributed by atoms with Crippen LogP contribution in [0.4, 0.5) is 10.5 Å². The van der Waals surface area contributed by atoms with Crippen molar-refractivity contribution >= 4 is 63.8 Å². The largest absolute Gasteiger partial charge is 0.490 e. The molecule has 0 spiro atoms. The quantitative estimate of drug-likeness (QED) is 0.282. The van der Waals surface area contributed by atoms with E-state index in [0.29, 0.717) is 56.5 Å². The minimum absolute atomic E-state index is 0.00823. The molecule has 12 heteroatoms. The van der Waals surface area contributed by atoms with Crippen LogP contribution in [-0.2, 0) is 16.1 Å². The minimum atomic E-state index is -0.445. The second-order valence-electron chi connectivity index (χ2n) is 8.55. The zero-order valence-electron chi connectivity index (χ0n) is 21.1. The molecule has 1 saturated heterocycles. The summed E-state index contributed by atoms with van der Waals surface area (Å²) < 4.78 is 22.1. The van der Waals surface area contributed by atoms with Crippen LogP contribution in [0.25, 0.3) is 6.08 Å². The van der Waals surface area contributed by atoms with Crippen LogP contribution in [0.3, 0.4) is 0 Å². The highest BCUT2D eigenvalue weighted by Crippen LogP contribution is 2.40. The third-order valence-electron chi connectivity index (χ3n) is 5.78. The van der Waals surface area contributed by atoms with E-state index in [1.807, 2.05) is 6.92 Å². The van der Waals surface area contributed by atoms with Crippen molar-refractivity contribution in [2.24, 2.45) is 0 Å². The molecule has 0 aliphatic carbocycles. The molecule has 3 aromatic carbocycles. The van der Waals surface area contributed by atoms with Gasteiger partial charge in [-0.3, -0.25) is 19.3 Å². The predicted molar refractivity (Wildman–Crippen MR) is 152 cm³/mol. The molecule has 0 unspecified atom stereocenters. The van der Waals surface area contributed by atoms with Gasteiger partial charge in [0.25, 0.3) is 17.1 Å². The lowest BCUT2D eigenvalue weighted by atomic mass is 10.1. The number of carbonyl (C=O) groups is 3. The maximum atomic E-state index is 13.1. The van der Waals surface area contributed by atoms with E-state index in [2.05, 4.69) is 5.32 Å². The van der Waals surface area contributed by atoms with E-state index in [-0.39, 0.29) is 30.8 Å². The normalized spacial score (nSPS) is 15.1. The van der Waals surface area contributed by atoms with E-state index < -0.39 is 11.1 Å². The van der Waals surface area contributed by atoms with E-state index in [4.69, 9.17) is 42.1 Å². The van der Waals surface area contributed by atoms with Crippen molar-refractivity contribution in [3.05, 3.63) is 80.7 Å². The number of nitrogens with zero attached hydrogens (tertiary/aromatic N) is 1. The molecule has 0 radical (unpaired) electrons. The van der Waals surface area contributed by atoms with Gasteiger partial charge in [0.15, 0.2) is 29.6 Å². The molecule has 0 aromatic heterocycles. The van der Waals surface area contributed by atoms with Crippen LogP contribution < -0.4 is 24.3 Å². The lowest BCUT2D eigenvalue weighted by Crippen LogP contribution is -2.27. The fourth-order valence-electron chi connectivity index (χ4n) is 3.95. The van der Waals surface area contributed by atoms with Crippen LogP contribution in [0.5, 0.6) is 23.0 Å². The highest BCUT2D eigenvalue weighted by atomic mass is 35.5. The van der Waals surface area contributed by atoms with Crippen LogP contribution in [-0.4, -0.2) is 42.0 Å². The van der Waals surface area contributed by atoms with Gasteiger partial charge in [0.05, 0.1) is 18.1 Å². The van der Waals surface area contributed by atoms with Gasteiger partial charge in [0, 0.05) is 21.8 Å². The molecule has 40 heavy (non-hydrogen) atoms. The monoisotopic (exact) mass is 600 g/mol. The minimum Gasteiger partial charge on any atom is -0.490 e. The average molecular weight is 601 g/mol. The SMILES string of the molecule is CCOc1cc(/C=C2\SC(=O)N(Cc3cc4c(cc3Cl)OCO4)C2=O)ccc1OCC(=O)Nc1cccc(Cl)c1. The zero-order valence-corrected chi connectivity index (χ0v) is 23.4. The number of halogens is 2. The first-order chi connectivity index (χ1) is 19.3. The van der Waals surface area contributed by atoms with Crippen LogP contribution in [0.15, 0.2) is 59.5 Å². The fraction of sp³-hybridized carbons (Fsp3) is 0.179. The second kappa shape index (κ2) is 12.1. The smallest absolute Gasteiger partial charge is 0.293 e. The van der Waals surface area contributed by atoms with Crippen LogP contribution in [0.1, 0.15) is 18.1 Å². The van der Waals surface area contributed by atoms with Crippen LogP contribution in [0.2, 0.25) is 10.0 Å². The molecule has 0 bridgehead atoms.